The van der Waals surface area contributed by atoms with Crippen molar-refractivity contribution in [1.29, 1.82) is 0 Å². The molecule has 0 radical (unpaired) electrons. The van der Waals surface area contributed by atoms with Crippen LogP contribution in [0.2, 0.25) is 0 Å². The van der Waals surface area contributed by atoms with Gasteiger partial charge in [0.1, 0.15) is 0 Å². The predicted molar refractivity (Wildman–Crippen MR) is 67.2 cm³/mol. The lowest BCUT2D eigenvalue weighted by atomic mass is 10.2. The molecule has 0 saturated heterocycles. The van der Waals surface area contributed by atoms with Crippen molar-refractivity contribution < 1.29 is 4.52 Å². The van der Waals surface area contributed by atoms with Gasteiger partial charge in [0.25, 0.3) is 5.89 Å². The average molecular weight is 307 g/mol. The molecule has 0 bridgehead atoms. The molecule has 7 nitrogen and oxygen atoms in total. The Kier molecular flexibility index (Phi) is 2.56. The minimum atomic E-state index is 0.381. The summed E-state index contributed by atoms with van der Waals surface area (Å²) in [5, 5.41) is 13.9. The van der Waals surface area contributed by atoms with E-state index in [4.69, 9.17) is 10.3 Å². The quantitative estimate of drug-likeness (QED) is 0.700. The molecule has 0 saturated carbocycles. The Hall–Kier alpha value is -2.22. The van der Waals surface area contributed by atoms with Gasteiger partial charge in [-0.15, -0.1) is 0 Å². The maximum atomic E-state index is 5.71. The molecule has 0 amide bonds. The van der Waals surface area contributed by atoms with Crippen LogP contribution in [0.4, 0.5) is 5.69 Å². The van der Waals surface area contributed by atoms with Gasteiger partial charge in [-0.25, -0.2) is 0 Å². The molecular weight excluding hydrogens is 300 g/mol. The molecule has 3 aromatic rings. The van der Waals surface area contributed by atoms with Gasteiger partial charge in [0.2, 0.25) is 5.82 Å². The molecule has 0 atom stereocenters. The zero-order valence-corrected chi connectivity index (χ0v) is 10.5. The Bertz CT molecular complexity index is 678. The van der Waals surface area contributed by atoms with Crippen LogP contribution >= 0.6 is 15.9 Å². The molecule has 2 aromatic heterocycles. The number of nitrogens with two attached hydrogens (primary N) is 1. The molecule has 0 aliphatic carbocycles. The number of halogens is 1. The van der Waals surface area contributed by atoms with Gasteiger partial charge in [0.05, 0.1) is 6.20 Å². The molecule has 90 valence electrons. The fraction of sp³-hybridized carbons (Fsp3) is 0. The van der Waals surface area contributed by atoms with E-state index in [0.29, 0.717) is 23.1 Å². The van der Waals surface area contributed by atoms with E-state index in [1.54, 1.807) is 12.1 Å². The molecule has 0 aliphatic heterocycles. The van der Waals surface area contributed by atoms with Crippen molar-refractivity contribution in [2.75, 3.05) is 5.73 Å². The number of hydrogen-bond donors (Lipinski definition) is 2. The first-order valence-corrected chi connectivity index (χ1v) is 5.78. The molecule has 0 fully saturated rings. The van der Waals surface area contributed by atoms with Gasteiger partial charge in [-0.3, -0.25) is 0 Å². The van der Waals surface area contributed by atoms with Gasteiger partial charge in [-0.1, -0.05) is 5.16 Å². The van der Waals surface area contributed by atoms with Crippen LogP contribution in [0.3, 0.4) is 0 Å². The largest absolute Gasteiger partial charge is 0.398 e. The van der Waals surface area contributed by atoms with Crippen molar-refractivity contribution in [2.45, 2.75) is 0 Å². The van der Waals surface area contributed by atoms with Gasteiger partial charge in [0.15, 0.2) is 5.69 Å². The number of nitrogens with zero attached hydrogens (tertiary/aromatic N) is 4. The highest BCUT2D eigenvalue weighted by molar-refractivity contribution is 9.10. The number of nitrogen functional groups attached to an aromatic ring is 1. The number of aromatic nitrogens is 5. The second kappa shape index (κ2) is 4.22. The smallest absolute Gasteiger partial charge is 0.258 e. The Morgan fingerprint density at radius 3 is 2.94 bits per heavy atom. The van der Waals surface area contributed by atoms with Crippen molar-refractivity contribution in [3.8, 4) is 23.0 Å². The summed E-state index contributed by atoms with van der Waals surface area (Å²) in [6.45, 7) is 0. The third-order valence-electron chi connectivity index (χ3n) is 2.32. The highest BCUT2D eigenvalue weighted by Crippen LogP contribution is 2.27. The number of benzene rings is 1. The summed E-state index contributed by atoms with van der Waals surface area (Å²) in [5.41, 5.74) is 7.66. The summed E-state index contributed by atoms with van der Waals surface area (Å²) < 4.78 is 5.94. The van der Waals surface area contributed by atoms with Gasteiger partial charge < -0.3 is 10.3 Å². The first kappa shape index (κ1) is 10.9. The van der Waals surface area contributed by atoms with Crippen molar-refractivity contribution in [3.63, 3.8) is 0 Å². The second-order valence-corrected chi connectivity index (χ2v) is 4.37. The Morgan fingerprint density at radius 2 is 2.22 bits per heavy atom. The summed E-state index contributed by atoms with van der Waals surface area (Å²) in [4.78, 5) is 4.23. The van der Waals surface area contributed by atoms with Crippen molar-refractivity contribution in [2.24, 2.45) is 0 Å². The van der Waals surface area contributed by atoms with Gasteiger partial charge in [-0.2, -0.15) is 20.4 Å². The number of rotatable bonds is 2. The minimum Gasteiger partial charge on any atom is -0.398 e. The Morgan fingerprint density at radius 1 is 1.33 bits per heavy atom. The standard InChI is InChI=1S/C10H7BrN6O/c11-6-3-5(1-2-7(6)12)10-14-9(16-18-10)8-4-13-17-15-8/h1-4H,12H2,(H,13,15,17). The van der Waals surface area contributed by atoms with E-state index in [1.165, 1.54) is 6.20 Å². The number of nitrogens with one attached hydrogen (secondary N) is 1. The highest BCUT2D eigenvalue weighted by Gasteiger charge is 2.13. The Labute approximate surface area is 110 Å². The van der Waals surface area contributed by atoms with Crippen molar-refractivity contribution in [1.82, 2.24) is 25.6 Å². The van der Waals surface area contributed by atoms with Crippen LogP contribution in [0.1, 0.15) is 0 Å². The van der Waals surface area contributed by atoms with Crippen molar-refractivity contribution in [3.05, 3.63) is 28.9 Å². The summed E-state index contributed by atoms with van der Waals surface area (Å²) in [7, 11) is 0. The molecule has 2 heterocycles. The van der Waals surface area contributed by atoms with E-state index in [1.807, 2.05) is 6.07 Å². The van der Waals surface area contributed by atoms with E-state index >= 15 is 0 Å². The lowest BCUT2D eigenvalue weighted by Gasteiger charge is -1.98. The van der Waals surface area contributed by atoms with Crippen LogP contribution in [0.5, 0.6) is 0 Å². The monoisotopic (exact) mass is 306 g/mol. The van der Waals surface area contributed by atoms with Crippen LogP contribution < -0.4 is 5.73 Å². The van der Waals surface area contributed by atoms with Crippen LogP contribution in [0, 0.1) is 0 Å². The Balaban J connectivity index is 2.00. The van der Waals surface area contributed by atoms with E-state index in [9.17, 15) is 0 Å². The number of aromatic amines is 1. The molecule has 18 heavy (non-hydrogen) atoms. The first-order valence-electron chi connectivity index (χ1n) is 4.99. The zero-order chi connectivity index (χ0) is 12.5. The molecule has 0 unspecified atom stereocenters. The first-order chi connectivity index (χ1) is 8.74. The number of H-pyrrole nitrogens is 1. The molecule has 3 N–H and O–H groups in total. The SMILES string of the molecule is Nc1ccc(-c2nc(-c3cn[nH]n3)no2)cc1Br. The second-order valence-electron chi connectivity index (χ2n) is 3.51. The van der Waals surface area contributed by atoms with E-state index in [-0.39, 0.29) is 0 Å². The van der Waals surface area contributed by atoms with Crippen LogP contribution in [-0.2, 0) is 0 Å². The highest BCUT2D eigenvalue weighted by atomic mass is 79.9. The lowest BCUT2D eigenvalue weighted by molar-refractivity contribution is 0.432. The lowest BCUT2D eigenvalue weighted by Crippen LogP contribution is -1.87. The molecule has 0 spiro atoms. The fourth-order valence-electron chi connectivity index (χ4n) is 1.41. The van der Waals surface area contributed by atoms with Gasteiger partial charge >= 0.3 is 0 Å². The normalized spacial score (nSPS) is 10.7. The van der Waals surface area contributed by atoms with E-state index < -0.39 is 0 Å². The molecule has 0 aliphatic rings. The molecule has 3 rings (SSSR count). The molecule has 1 aromatic carbocycles. The molecule has 8 heteroatoms. The van der Waals surface area contributed by atoms with Crippen molar-refractivity contribution >= 4 is 21.6 Å². The van der Waals surface area contributed by atoms with E-state index in [2.05, 4.69) is 41.5 Å². The third-order valence-corrected chi connectivity index (χ3v) is 3.00. The van der Waals surface area contributed by atoms with Crippen LogP contribution in [0.15, 0.2) is 33.4 Å². The number of hydrogen-bond acceptors (Lipinski definition) is 6. The third kappa shape index (κ3) is 1.86. The predicted octanol–water partition coefficient (Wildman–Crippen LogP) is 1.87. The minimum absolute atomic E-state index is 0.381. The maximum absolute atomic E-state index is 5.71. The summed E-state index contributed by atoms with van der Waals surface area (Å²) in [5.74, 6) is 0.778. The summed E-state index contributed by atoms with van der Waals surface area (Å²) in [6.07, 6.45) is 1.52. The molecular formula is C10H7BrN6O. The van der Waals surface area contributed by atoms with Gasteiger partial charge in [0, 0.05) is 15.7 Å². The van der Waals surface area contributed by atoms with Crippen LogP contribution in [-0.4, -0.2) is 25.6 Å². The summed E-state index contributed by atoms with van der Waals surface area (Å²) >= 11 is 3.35. The topological polar surface area (TPSA) is 107 Å². The summed E-state index contributed by atoms with van der Waals surface area (Å²) in [6, 6.07) is 5.38. The average Bonchev–Trinajstić information content (AvgIpc) is 3.01. The zero-order valence-electron chi connectivity index (χ0n) is 8.96. The maximum Gasteiger partial charge on any atom is 0.258 e. The van der Waals surface area contributed by atoms with E-state index in [0.717, 1.165) is 10.0 Å². The van der Waals surface area contributed by atoms with Gasteiger partial charge in [-0.05, 0) is 34.1 Å². The fourth-order valence-corrected chi connectivity index (χ4v) is 1.79. The number of anilines is 1. The van der Waals surface area contributed by atoms with Crippen LogP contribution in [0.25, 0.3) is 23.0 Å².